The molecule has 0 saturated heterocycles. The van der Waals surface area contributed by atoms with Crippen LogP contribution in [0.2, 0.25) is 0 Å². The summed E-state index contributed by atoms with van der Waals surface area (Å²) in [5.74, 6) is -0.284. The molecule has 1 aliphatic carbocycles. The number of carbonyl (C=O) groups is 1. The number of fused-ring (bicyclic) bond motifs is 1. The van der Waals surface area contributed by atoms with E-state index in [0.717, 1.165) is 11.1 Å². The fourth-order valence-electron chi connectivity index (χ4n) is 1.97. The fraction of sp³-hybridized carbons (Fsp3) is 0.333. The van der Waals surface area contributed by atoms with Crippen LogP contribution in [0.3, 0.4) is 0 Å². The first kappa shape index (κ1) is 10.1. The van der Waals surface area contributed by atoms with Crippen molar-refractivity contribution in [3.05, 3.63) is 24.6 Å². The first-order valence-electron chi connectivity index (χ1n) is 5.45. The molecule has 1 saturated carbocycles. The maximum absolute atomic E-state index is 10.6. The van der Waals surface area contributed by atoms with Crippen molar-refractivity contribution in [3.63, 3.8) is 0 Å². The van der Waals surface area contributed by atoms with Crippen molar-refractivity contribution in [3.8, 4) is 5.75 Å². The Kier molecular flexibility index (Phi) is 2.24. The van der Waals surface area contributed by atoms with Gasteiger partial charge in [0.05, 0.1) is 5.92 Å². The van der Waals surface area contributed by atoms with Gasteiger partial charge in [0, 0.05) is 6.07 Å². The van der Waals surface area contributed by atoms with Crippen molar-refractivity contribution in [2.24, 2.45) is 5.92 Å². The van der Waals surface area contributed by atoms with E-state index in [9.17, 15) is 4.79 Å². The number of carboxylic acid groups (broad SMARTS) is 1. The van der Waals surface area contributed by atoms with Gasteiger partial charge in [0.1, 0.15) is 17.4 Å². The lowest BCUT2D eigenvalue weighted by Gasteiger charge is -2.32. The molecule has 5 heteroatoms. The van der Waals surface area contributed by atoms with E-state index in [1.165, 1.54) is 6.39 Å². The molecule has 1 aromatic carbocycles. The lowest BCUT2D eigenvalue weighted by molar-refractivity contribution is -0.147. The zero-order valence-corrected chi connectivity index (χ0v) is 9.00. The largest absolute Gasteiger partial charge is 0.490 e. The van der Waals surface area contributed by atoms with Gasteiger partial charge in [-0.3, -0.25) is 4.79 Å². The normalized spacial score (nSPS) is 23.3. The van der Waals surface area contributed by atoms with Crippen LogP contribution in [0.1, 0.15) is 12.8 Å². The predicted molar refractivity (Wildman–Crippen MR) is 58.8 cm³/mol. The molecule has 1 fully saturated rings. The summed E-state index contributed by atoms with van der Waals surface area (Å²) in [6, 6.07) is 5.40. The Balaban J connectivity index is 1.67. The van der Waals surface area contributed by atoms with Crippen LogP contribution in [0.4, 0.5) is 0 Å². The predicted octanol–water partition coefficient (Wildman–Crippen LogP) is 2.07. The number of rotatable bonds is 3. The van der Waals surface area contributed by atoms with E-state index >= 15 is 0 Å². The highest BCUT2D eigenvalue weighted by atomic mass is 16.5. The average Bonchev–Trinajstić information content (AvgIpc) is 2.69. The Morgan fingerprint density at radius 3 is 3.06 bits per heavy atom. The molecule has 17 heavy (non-hydrogen) atoms. The van der Waals surface area contributed by atoms with Crippen LogP contribution in [-0.4, -0.2) is 22.2 Å². The van der Waals surface area contributed by atoms with Crippen LogP contribution in [0.15, 0.2) is 29.0 Å². The smallest absolute Gasteiger partial charge is 0.306 e. The summed E-state index contributed by atoms with van der Waals surface area (Å²) < 4.78 is 10.8. The quantitative estimate of drug-likeness (QED) is 0.878. The van der Waals surface area contributed by atoms with Crippen molar-refractivity contribution in [2.45, 2.75) is 18.9 Å². The van der Waals surface area contributed by atoms with Crippen LogP contribution in [0.25, 0.3) is 11.1 Å². The van der Waals surface area contributed by atoms with Crippen LogP contribution < -0.4 is 4.74 Å². The minimum absolute atomic E-state index is 0.000418. The Morgan fingerprint density at radius 1 is 1.47 bits per heavy atom. The highest BCUT2D eigenvalue weighted by Crippen LogP contribution is 2.32. The summed E-state index contributed by atoms with van der Waals surface area (Å²) in [5, 5.41) is 8.75. The summed E-state index contributed by atoms with van der Waals surface area (Å²) >= 11 is 0. The van der Waals surface area contributed by atoms with E-state index in [1.54, 1.807) is 12.1 Å². The minimum atomic E-state index is -0.739. The maximum atomic E-state index is 10.6. The van der Waals surface area contributed by atoms with Crippen molar-refractivity contribution >= 4 is 17.1 Å². The molecule has 0 amide bonds. The topological polar surface area (TPSA) is 72.6 Å². The number of carboxylic acids is 1. The number of ether oxygens (including phenoxy) is 1. The van der Waals surface area contributed by atoms with Gasteiger partial charge in [0.25, 0.3) is 0 Å². The zero-order valence-electron chi connectivity index (χ0n) is 9.00. The van der Waals surface area contributed by atoms with E-state index in [2.05, 4.69) is 4.98 Å². The van der Waals surface area contributed by atoms with Gasteiger partial charge in [-0.05, 0) is 25.0 Å². The SMILES string of the molecule is O=C(O)C1CC(Oc2ccc3ocnc3c2)C1. The highest BCUT2D eigenvalue weighted by molar-refractivity contribution is 5.74. The molecule has 0 aliphatic heterocycles. The Bertz CT molecular complexity index is 556. The first-order chi connectivity index (χ1) is 8.22. The zero-order chi connectivity index (χ0) is 11.8. The number of aromatic nitrogens is 1. The number of oxazole rings is 1. The van der Waals surface area contributed by atoms with Crippen LogP contribution >= 0.6 is 0 Å². The Labute approximate surface area is 97.0 Å². The van der Waals surface area contributed by atoms with Crippen LogP contribution in [0, 0.1) is 5.92 Å². The lowest BCUT2D eigenvalue weighted by Crippen LogP contribution is -2.38. The van der Waals surface area contributed by atoms with Crippen LogP contribution in [-0.2, 0) is 4.79 Å². The molecule has 3 rings (SSSR count). The third-order valence-electron chi connectivity index (χ3n) is 3.05. The molecular weight excluding hydrogens is 222 g/mol. The second-order valence-electron chi connectivity index (χ2n) is 4.23. The van der Waals surface area contributed by atoms with Gasteiger partial charge in [-0.1, -0.05) is 0 Å². The van der Waals surface area contributed by atoms with Crippen molar-refractivity contribution in [2.75, 3.05) is 0 Å². The highest BCUT2D eigenvalue weighted by Gasteiger charge is 2.36. The van der Waals surface area contributed by atoms with Gasteiger partial charge in [0.2, 0.25) is 0 Å². The van der Waals surface area contributed by atoms with E-state index < -0.39 is 5.97 Å². The van der Waals surface area contributed by atoms with Gasteiger partial charge in [0.15, 0.2) is 12.0 Å². The number of aliphatic carboxylic acids is 1. The summed E-state index contributed by atoms with van der Waals surface area (Å²) in [5.41, 5.74) is 1.46. The Morgan fingerprint density at radius 2 is 2.29 bits per heavy atom. The van der Waals surface area contributed by atoms with Crippen LogP contribution in [0.5, 0.6) is 5.75 Å². The van der Waals surface area contributed by atoms with Gasteiger partial charge in [-0.25, -0.2) is 4.98 Å². The van der Waals surface area contributed by atoms with E-state index in [4.69, 9.17) is 14.3 Å². The van der Waals surface area contributed by atoms with Gasteiger partial charge < -0.3 is 14.3 Å². The molecule has 0 atom stereocenters. The molecule has 1 N–H and O–H groups in total. The van der Waals surface area contributed by atoms with Gasteiger partial charge in [-0.15, -0.1) is 0 Å². The molecule has 0 radical (unpaired) electrons. The minimum Gasteiger partial charge on any atom is -0.490 e. The molecule has 1 heterocycles. The summed E-state index contributed by atoms with van der Waals surface area (Å²) in [4.78, 5) is 14.7. The number of hydrogen-bond acceptors (Lipinski definition) is 4. The molecule has 2 aromatic rings. The second-order valence-corrected chi connectivity index (χ2v) is 4.23. The molecule has 1 aromatic heterocycles. The molecule has 5 nitrogen and oxygen atoms in total. The summed E-state index contributed by atoms with van der Waals surface area (Å²) in [7, 11) is 0. The molecule has 88 valence electrons. The number of hydrogen-bond donors (Lipinski definition) is 1. The average molecular weight is 233 g/mol. The second kappa shape index (κ2) is 3.76. The Hall–Kier alpha value is -2.04. The number of benzene rings is 1. The van der Waals surface area contributed by atoms with E-state index in [0.29, 0.717) is 18.6 Å². The molecule has 1 aliphatic rings. The van der Waals surface area contributed by atoms with Gasteiger partial charge in [-0.2, -0.15) is 0 Å². The van der Waals surface area contributed by atoms with Crippen molar-refractivity contribution < 1.29 is 19.1 Å². The monoisotopic (exact) mass is 233 g/mol. The molecule has 0 unspecified atom stereocenters. The van der Waals surface area contributed by atoms with E-state index in [-0.39, 0.29) is 12.0 Å². The first-order valence-corrected chi connectivity index (χ1v) is 5.45. The van der Waals surface area contributed by atoms with Crippen molar-refractivity contribution in [1.82, 2.24) is 4.98 Å². The summed E-state index contributed by atoms with van der Waals surface area (Å²) in [6.45, 7) is 0. The maximum Gasteiger partial charge on any atom is 0.306 e. The molecule has 0 bridgehead atoms. The molecular formula is C12H11NO4. The fourth-order valence-corrected chi connectivity index (χ4v) is 1.97. The third kappa shape index (κ3) is 1.84. The lowest BCUT2D eigenvalue weighted by atomic mass is 9.82. The molecule has 0 spiro atoms. The third-order valence-corrected chi connectivity index (χ3v) is 3.05. The standard InChI is InChI=1S/C12H11NO4/c14-12(15)7-3-9(4-7)17-8-1-2-11-10(5-8)13-6-16-11/h1-2,5-7,9H,3-4H2,(H,14,15). The van der Waals surface area contributed by atoms with Gasteiger partial charge >= 0.3 is 5.97 Å². The van der Waals surface area contributed by atoms with Crippen molar-refractivity contribution in [1.29, 1.82) is 0 Å². The van der Waals surface area contributed by atoms with E-state index in [1.807, 2.05) is 6.07 Å². The summed E-state index contributed by atoms with van der Waals surface area (Å²) in [6.07, 6.45) is 2.54. The number of nitrogens with zero attached hydrogens (tertiary/aromatic N) is 1.